The van der Waals surface area contributed by atoms with Crippen molar-refractivity contribution in [3.63, 3.8) is 0 Å². The third-order valence-electron chi connectivity index (χ3n) is 4.90. The summed E-state index contributed by atoms with van der Waals surface area (Å²) in [6, 6.07) is 12.6. The molecule has 1 N–H and O–H groups in total. The van der Waals surface area contributed by atoms with Crippen molar-refractivity contribution >= 4 is 35.0 Å². The number of nitrogens with one attached hydrogen (secondary N) is 1. The number of benzene rings is 2. The number of amides is 2. The second-order valence-corrected chi connectivity index (χ2v) is 8.33. The van der Waals surface area contributed by atoms with Crippen LogP contribution in [0.2, 0.25) is 0 Å². The zero-order valence-electron chi connectivity index (χ0n) is 16.7. The Balaban J connectivity index is 1.62. The average Bonchev–Trinajstić information content (AvgIpc) is 3.24. The van der Waals surface area contributed by atoms with E-state index in [1.807, 2.05) is 0 Å². The molecule has 1 fully saturated rings. The first kappa shape index (κ1) is 21.6. The first-order chi connectivity index (χ1) is 14.4. The summed E-state index contributed by atoms with van der Waals surface area (Å²) in [6.45, 7) is 2.32. The van der Waals surface area contributed by atoms with Gasteiger partial charge in [-0.2, -0.15) is 0 Å². The summed E-state index contributed by atoms with van der Waals surface area (Å²) >= 11 is 1.32. The second-order valence-electron chi connectivity index (χ2n) is 6.92. The molecule has 1 aliphatic rings. The van der Waals surface area contributed by atoms with Crippen LogP contribution in [0.4, 0.5) is 11.4 Å². The Labute approximate surface area is 178 Å². The maximum absolute atomic E-state index is 13.0. The molecule has 0 spiro atoms. The number of non-ortho nitro benzene ring substituents is 1. The van der Waals surface area contributed by atoms with Gasteiger partial charge in [0.15, 0.2) is 0 Å². The SMILES string of the molecule is COc1ccc(NC(=O)C2CCCN2C(=O)C(C)Sc2ccc([N+](=O)[O-])cc2)cc1. The lowest BCUT2D eigenvalue weighted by Crippen LogP contribution is -2.46. The van der Waals surface area contributed by atoms with Crippen molar-refractivity contribution in [1.29, 1.82) is 0 Å². The summed E-state index contributed by atoms with van der Waals surface area (Å²) in [6.07, 6.45) is 1.38. The normalized spacial score (nSPS) is 16.7. The first-order valence-corrected chi connectivity index (χ1v) is 10.4. The van der Waals surface area contributed by atoms with Gasteiger partial charge in [-0.25, -0.2) is 0 Å². The third-order valence-corrected chi connectivity index (χ3v) is 6.00. The van der Waals surface area contributed by atoms with Crippen LogP contribution in [0.5, 0.6) is 5.75 Å². The van der Waals surface area contributed by atoms with Crippen molar-refractivity contribution in [3.05, 3.63) is 58.6 Å². The van der Waals surface area contributed by atoms with Gasteiger partial charge in [-0.3, -0.25) is 19.7 Å². The number of thioether (sulfide) groups is 1. The summed E-state index contributed by atoms with van der Waals surface area (Å²) in [5.74, 6) is 0.368. The fraction of sp³-hybridized carbons (Fsp3) is 0.333. The molecule has 158 valence electrons. The maximum atomic E-state index is 13.0. The van der Waals surface area contributed by atoms with Crippen molar-refractivity contribution < 1.29 is 19.2 Å². The van der Waals surface area contributed by atoms with Gasteiger partial charge < -0.3 is 15.0 Å². The molecule has 1 aliphatic heterocycles. The van der Waals surface area contributed by atoms with E-state index in [0.717, 1.165) is 11.3 Å². The molecule has 0 saturated carbocycles. The Hall–Kier alpha value is -3.07. The summed E-state index contributed by atoms with van der Waals surface area (Å²) in [7, 11) is 1.57. The highest BCUT2D eigenvalue weighted by Crippen LogP contribution is 2.29. The van der Waals surface area contributed by atoms with Gasteiger partial charge in [-0.1, -0.05) is 0 Å². The Morgan fingerprint density at radius 1 is 1.20 bits per heavy atom. The van der Waals surface area contributed by atoms with E-state index in [0.29, 0.717) is 24.4 Å². The lowest BCUT2D eigenvalue weighted by Gasteiger charge is -2.26. The fourth-order valence-corrected chi connectivity index (χ4v) is 4.28. The molecule has 2 aromatic carbocycles. The predicted octanol–water partition coefficient (Wildman–Crippen LogP) is 3.71. The third kappa shape index (κ3) is 5.10. The molecule has 8 nitrogen and oxygen atoms in total. The Morgan fingerprint density at radius 3 is 2.47 bits per heavy atom. The molecule has 2 amide bonds. The molecular formula is C21H23N3O5S. The zero-order chi connectivity index (χ0) is 21.7. The van der Waals surface area contributed by atoms with Crippen LogP contribution in [0.15, 0.2) is 53.4 Å². The Kier molecular flexibility index (Phi) is 6.94. The van der Waals surface area contributed by atoms with Crippen molar-refractivity contribution in [1.82, 2.24) is 4.90 Å². The number of methoxy groups -OCH3 is 1. The van der Waals surface area contributed by atoms with E-state index in [1.54, 1.807) is 55.3 Å². The van der Waals surface area contributed by atoms with Crippen LogP contribution in [0.3, 0.4) is 0 Å². The molecule has 0 aliphatic carbocycles. The van der Waals surface area contributed by atoms with Gasteiger partial charge in [0.1, 0.15) is 11.8 Å². The van der Waals surface area contributed by atoms with Gasteiger partial charge in [0.25, 0.3) is 5.69 Å². The number of carbonyl (C=O) groups excluding carboxylic acids is 2. The number of nitrogens with zero attached hydrogens (tertiary/aromatic N) is 2. The van der Waals surface area contributed by atoms with Gasteiger partial charge in [0.2, 0.25) is 11.8 Å². The molecule has 1 saturated heterocycles. The molecule has 0 aromatic heterocycles. The summed E-state index contributed by atoms with van der Waals surface area (Å²) < 4.78 is 5.11. The topological polar surface area (TPSA) is 102 Å². The van der Waals surface area contributed by atoms with Crippen LogP contribution in [0, 0.1) is 10.1 Å². The number of anilines is 1. The van der Waals surface area contributed by atoms with Crippen molar-refractivity contribution in [3.8, 4) is 5.75 Å². The highest BCUT2D eigenvalue weighted by atomic mass is 32.2. The lowest BCUT2D eigenvalue weighted by atomic mass is 10.2. The van der Waals surface area contributed by atoms with Crippen LogP contribution < -0.4 is 10.1 Å². The van der Waals surface area contributed by atoms with E-state index in [4.69, 9.17) is 4.74 Å². The molecule has 3 rings (SSSR count). The zero-order valence-corrected chi connectivity index (χ0v) is 17.6. The number of carbonyl (C=O) groups is 2. The molecule has 30 heavy (non-hydrogen) atoms. The number of likely N-dealkylation sites (tertiary alicyclic amines) is 1. The van der Waals surface area contributed by atoms with Crippen LogP contribution in [0.1, 0.15) is 19.8 Å². The molecule has 0 radical (unpaired) electrons. The van der Waals surface area contributed by atoms with Crippen molar-refractivity contribution in [2.24, 2.45) is 0 Å². The molecule has 2 aromatic rings. The minimum absolute atomic E-state index is 0.00754. The second kappa shape index (κ2) is 9.62. The van der Waals surface area contributed by atoms with Crippen molar-refractivity contribution in [2.45, 2.75) is 36.0 Å². The van der Waals surface area contributed by atoms with Gasteiger partial charge >= 0.3 is 0 Å². The molecule has 2 atom stereocenters. The minimum atomic E-state index is -0.514. The number of nitro groups is 1. The van der Waals surface area contributed by atoms with Gasteiger partial charge in [-0.15, -0.1) is 11.8 Å². The fourth-order valence-electron chi connectivity index (χ4n) is 3.34. The van der Waals surface area contributed by atoms with Gasteiger partial charge in [0.05, 0.1) is 17.3 Å². The number of ether oxygens (including phenoxy) is 1. The molecule has 9 heteroatoms. The van der Waals surface area contributed by atoms with E-state index in [1.165, 1.54) is 23.9 Å². The number of hydrogen-bond donors (Lipinski definition) is 1. The predicted molar refractivity (Wildman–Crippen MR) is 115 cm³/mol. The van der Waals surface area contributed by atoms with Crippen molar-refractivity contribution in [2.75, 3.05) is 19.0 Å². The van der Waals surface area contributed by atoms with E-state index in [2.05, 4.69) is 5.32 Å². The standard InChI is InChI=1S/C21H23N3O5S/c1-14(30-18-11-7-16(8-12-18)24(27)28)21(26)23-13-3-4-19(23)20(25)22-15-5-9-17(29-2)10-6-15/h5-12,14,19H,3-4,13H2,1-2H3,(H,22,25). The van der Waals surface area contributed by atoms with Gasteiger partial charge in [-0.05, 0) is 56.2 Å². The quantitative estimate of drug-likeness (QED) is 0.409. The van der Waals surface area contributed by atoms with E-state index >= 15 is 0 Å². The lowest BCUT2D eigenvalue weighted by molar-refractivity contribution is -0.384. The molecule has 2 unspecified atom stereocenters. The molecule has 1 heterocycles. The van der Waals surface area contributed by atoms with E-state index < -0.39 is 16.2 Å². The molecule has 0 bridgehead atoms. The number of hydrogen-bond acceptors (Lipinski definition) is 6. The van der Waals surface area contributed by atoms with Gasteiger partial charge in [0, 0.05) is 29.3 Å². The molecular weight excluding hydrogens is 406 g/mol. The Morgan fingerprint density at radius 2 is 1.87 bits per heavy atom. The maximum Gasteiger partial charge on any atom is 0.269 e. The monoisotopic (exact) mass is 429 g/mol. The van der Waals surface area contributed by atoms with E-state index in [9.17, 15) is 19.7 Å². The summed E-state index contributed by atoms with van der Waals surface area (Å²) in [5, 5.41) is 13.2. The van der Waals surface area contributed by atoms with Crippen LogP contribution >= 0.6 is 11.8 Å². The number of rotatable bonds is 7. The Bertz CT molecular complexity index is 917. The summed E-state index contributed by atoms with van der Waals surface area (Å²) in [4.78, 5) is 38.4. The van der Waals surface area contributed by atoms with Crippen LogP contribution in [0.25, 0.3) is 0 Å². The highest BCUT2D eigenvalue weighted by Gasteiger charge is 2.36. The largest absolute Gasteiger partial charge is 0.497 e. The number of nitro benzene ring substituents is 1. The first-order valence-electron chi connectivity index (χ1n) is 9.55. The smallest absolute Gasteiger partial charge is 0.269 e. The average molecular weight is 429 g/mol. The highest BCUT2D eigenvalue weighted by molar-refractivity contribution is 8.00. The summed E-state index contributed by atoms with van der Waals surface area (Å²) in [5.41, 5.74) is 0.654. The minimum Gasteiger partial charge on any atom is -0.497 e. The van der Waals surface area contributed by atoms with Crippen LogP contribution in [-0.4, -0.2) is 46.6 Å². The van der Waals surface area contributed by atoms with E-state index in [-0.39, 0.29) is 17.5 Å². The van der Waals surface area contributed by atoms with Crippen LogP contribution in [-0.2, 0) is 9.59 Å².